The predicted molar refractivity (Wildman–Crippen MR) is 116 cm³/mol. The van der Waals surface area contributed by atoms with Gasteiger partial charge in [-0.25, -0.2) is 0 Å². The van der Waals surface area contributed by atoms with Gasteiger partial charge in [0, 0.05) is 29.8 Å². The van der Waals surface area contributed by atoms with Crippen molar-refractivity contribution in [3.8, 4) is 0 Å². The Morgan fingerprint density at radius 2 is 1.63 bits per heavy atom. The molecule has 4 heteroatoms. The third-order valence-corrected chi connectivity index (χ3v) is 5.28. The van der Waals surface area contributed by atoms with Crippen molar-refractivity contribution in [2.75, 3.05) is 23.9 Å². The molecule has 3 aromatic rings. The van der Waals surface area contributed by atoms with E-state index in [0.29, 0.717) is 5.57 Å². The summed E-state index contributed by atoms with van der Waals surface area (Å²) in [6, 6.07) is 23.8. The van der Waals surface area contributed by atoms with Gasteiger partial charge in [0.15, 0.2) is 0 Å². The molecule has 1 aliphatic rings. The van der Waals surface area contributed by atoms with E-state index in [9.17, 15) is 4.79 Å². The summed E-state index contributed by atoms with van der Waals surface area (Å²) in [6.07, 6.45) is 1.97. The first-order chi connectivity index (χ1) is 13.1. The van der Waals surface area contributed by atoms with Crippen molar-refractivity contribution in [3.63, 3.8) is 0 Å². The molecule has 0 unspecified atom stereocenters. The van der Waals surface area contributed by atoms with Crippen LogP contribution >= 0.6 is 15.9 Å². The summed E-state index contributed by atoms with van der Waals surface area (Å²) in [5, 5.41) is 0. The highest BCUT2D eigenvalue weighted by Crippen LogP contribution is 2.42. The highest BCUT2D eigenvalue weighted by atomic mass is 79.9. The largest absolute Gasteiger partial charge is 0.377 e. The second kappa shape index (κ2) is 7.05. The number of hydrogen-bond acceptors (Lipinski definition) is 2. The molecule has 27 heavy (non-hydrogen) atoms. The van der Waals surface area contributed by atoms with E-state index in [0.717, 1.165) is 32.7 Å². The molecule has 134 valence electrons. The van der Waals surface area contributed by atoms with Gasteiger partial charge >= 0.3 is 0 Å². The maximum atomic E-state index is 13.3. The van der Waals surface area contributed by atoms with Gasteiger partial charge in [0.2, 0.25) is 0 Å². The van der Waals surface area contributed by atoms with Crippen LogP contribution in [0, 0.1) is 0 Å². The number of carbonyl (C=O) groups excluding carboxylic acids is 1. The molecule has 0 aromatic heterocycles. The fraction of sp³-hybridized carbons (Fsp3) is 0.0870. The molecule has 1 aliphatic heterocycles. The second-order valence-electron chi connectivity index (χ2n) is 6.66. The van der Waals surface area contributed by atoms with Crippen molar-refractivity contribution in [2.45, 2.75) is 0 Å². The van der Waals surface area contributed by atoms with E-state index in [1.807, 2.05) is 91.8 Å². The molecule has 3 aromatic carbocycles. The number of amides is 1. The van der Waals surface area contributed by atoms with Crippen LogP contribution in [0.1, 0.15) is 11.1 Å². The van der Waals surface area contributed by atoms with E-state index in [1.54, 1.807) is 4.90 Å². The van der Waals surface area contributed by atoms with E-state index in [-0.39, 0.29) is 5.91 Å². The van der Waals surface area contributed by atoms with E-state index >= 15 is 0 Å². The molecule has 0 bridgehead atoms. The summed E-state index contributed by atoms with van der Waals surface area (Å²) in [5.74, 6) is -0.00444. The average Bonchev–Trinajstić information content (AvgIpc) is 2.94. The molecule has 0 aliphatic carbocycles. The minimum absolute atomic E-state index is 0.00444. The Labute approximate surface area is 167 Å². The van der Waals surface area contributed by atoms with Gasteiger partial charge in [0.05, 0.1) is 16.9 Å². The third-order valence-electron chi connectivity index (χ3n) is 4.65. The molecule has 0 atom stereocenters. The quantitative estimate of drug-likeness (QED) is 0.506. The molecule has 0 saturated heterocycles. The highest BCUT2D eigenvalue weighted by Gasteiger charge is 2.32. The van der Waals surface area contributed by atoms with Crippen LogP contribution in [0.5, 0.6) is 0 Å². The molecular weight excluding hydrogens is 400 g/mol. The van der Waals surface area contributed by atoms with Crippen LogP contribution in [0.2, 0.25) is 0 Å². The normalized spacial score (nSPS) is 14.6. The lowest BCUT2D eigenvalue weighted by Crippen LogP contribution is -2.20. The molecule has 3 nitrogen and oxygen atoms in total. The first-order valence-electron chi connectivity index (χ1n) is 8.74. The molecule has 0 N–H and O–H groups in total. The monoisotopic (exact) mass is 418 g/mol. The number of hydrogen-bond donors (Lipinski definition) is 0. The first kappa shape index (κ1) is 17.6. The second-order valence-corrected chi connectivity index (χ2v) is 7.51. The smallest absolute Gasteiger partial charge is 0.263 e. The molecular formula is C23H19BrN2O. The molecule has 1 heterocycles. The number of para-hydroxylation sites is 2. The minimum atomic E-state index is -0.00444. The minimum Gasteiger partial charge on any atom is -0.377 e. The lowest BCUT2D eigenvalue weighted by atomic mass is 10.0. The topological polar surface area (TPSA) is 23.6 Å². The Hall–Kier alpha value is -2.85. The Bertz CT molecular complexity index is 1040. The van der Waals surface area contributed by atoms with E-state index < -0.39 is 0 Å². The van der Waals surface area contributed by atoms with E-state index in [4.69, 9.17) is 0 Å². The maximum Gasteiger partial charge on any atom is 0.263 e. The highest BCUT2D eigenvalue weighted by molar-refractivity contribution is 9.10. The fourth-order valence-electron chi connectivity index (χ4n) is 3.36. The fourth-order valence-corrected chi connectivity index (χ4v) is 4.11. The number of carbonyl (C=O) groups is 1. The van der Waals surface area contributed by atoms with Crippen LogP contribution in [0.4, 0.5) is 17.1 Å². The van der Waals surface area contributed by atoms with Gasteiger partial charge in [0.1, 0.15) is 0 Å². The Kier molecular flexibility index (Phi) is 4.58. The van der Waals surface area contributed by atoms with Gasteiger partial charge in [0.25, 0.3) is 5.91 Å². The van der Waals surface area contributed by atoms with Crippen LogP contribution in [0.15, 0.2) is 77.3 Å². The first-order valence-corrected chi connectivity index (χ1v) is 9.53. The van der Waals surface area contributed by atoms with Gasteiger partial charge in [-0.2, -0.15) is 0 Å². The van der Waals surface area contributed by atoms with Gasteiger partial charge in [-0.1, -0.05) is 42.5 Å². The predicted octanol–water partition coefficient (Wildman–Crippen LogP) is 5.73. The summed E-state index contributed by atoms with van der Waals surface area (Å²) in [6.45, 7) is 0. The number of benzene rings is 3. The van der Waals surface area contributed by atoms with Crippen molar-refractivity contribution in [1.82, 2.24) is 0 Å². The maximum absolute atomic E-state index is 13.3. The molecule has 0 radical (unpaired) electrons. The van der Waals surface area contributed by atoms with Crippen molar-refractivity contribution < 1.29 is 4.79 Å². The Morgan fingerprint density at radius 1 is 0.926 bits per heavy atom. The SMILES string of the molecule is CN(C)c1ccc(/C=C2/C(=O)N(c3ccccc3)c3ccccc32)cc1Br. The number of rotatable bonds is 3. The zero-order chi connectivity index (χ0) is 19.0. The number of nitrogens with zero attached hydrogens (tertiary/aromatic N) is 2. The summed E-state index contributed by atoms with van der Waals surface area (Å²) in [7, 11) is 4.01. The zero-order valence-corrected chi connectivity index (χ0v) is 16.8. The van der Waals surface area contributed by atoms with Crippen molar-refractivity contribution >= 4 is 50.5 Å². The molecule has 4 rings (SSSR count). The van der Waals surface area contributed by atoms with Gasteiger partial charge in [-0.05, 0) is 57.9 Å². The molecule has 0 fully saturated rings. The lowest BCUT2D eigenvalue weighted by Gasteiger charge is -2.17. The van der Waals surface area contributed by atoms with Crippen molar-refractivity contribution in [3.05, 3.63) is 88.4 Å². The van der Waals surface area contributed by atoms with Gasteiger partial charge in [-0.15, -0.1) is 0 Å². The summed E-state index contributed by atoms with van der Waals surface area (Å²) in [5.41, 5.74) is 5.55. The lowest BCUT2D eigenvalue weighted by molar-refractivity contribution is -0.112. The average molecular weight is 419 g/mol. The Balaban J connectivity index is 1.81. The zero-order valence-electron chi connectivity index (χ0n) is 15.2. The van der Waals surface area contributed by atoms with Crippen LogP contribution in [0.25, 0.3) is 11.6 Å². The third kappa shape index (κ3) is 3.17. The number of halogens is 1. The van der Waals surface area contributed by atoms with Gasteiger partial charge < -0.3 is 4.90 Å². The Morgan fingerprint density at radius 3 is 2.33 bits per heavy atom. The van der Waals surface area contributed by atoms with E-state index in [2.05, 4.69) is 22.0 Å². The van der Waals surface area contributed by atoms with Crippen LogP contribution in [-0.4, -0.2) is 20.0 Å². The van der Waals surface area contributed by atoms with Crippen LogP contribution in [0.3, 0.4) is 0 Å². The standard InChI is InChI=1S/C23H19BrN2O/c1-25(2)22-13-12-16(15-20(22)24)14-19-18-10-6-7-11-21(18)26(23(19)27)17-8-4-3-5-9-17/h3-15H,1-2H3/b19-14+. The summed E-state index contributed by atoms with van der Waals surface area (Å²) in [4.78, 5) is 17.1. The van der Waals surface area contributed by atoms with Crippen LogP contribution in [-0.2, 0) is 4.79 Å². The molecule has 0 saturated carbocycles. The van der Waals surface area contributed by atoms with Crippen molar-refractivity contribution in [1.29, 1.82) is 0 Å². The van der Waals surface area contributed by atoms with E-state index in [1.165, 1.54) is 0 Å². The number of fused-ring (bicyclic) bond motifs is 1. The van der Waals surface area contributed by atoms with Crippen molar-refractivity contribution in [2.24, 2.45) is 0 Å². The van der Waals surface area contributed by atoms with Crippen LogP contribution < -0.4 is 9.80 Å². The summed E-state index contributed by atoms with van der Waals surface area (Å²) >= 11 is 3.63. The number of anilines is 3. The van der Waals surface area contributed by atoms with Gasteiger partial charge in [-0.3, -0.25) is 9.69 Å². The molecule has 1 amide bonds. The summed E-state index contributed by atoms with van der Waals surface area (Å²) < 4.78 is 1.00. The molecule has 0 spiro atoms.